The lowest BCUT2D eigenvalue weighted by Gasteiger charge is -2.30. The van der Waals surface area contributed by atoms with E-state index in [2.05, 4.69) is 0 Å². The molecule has 3 amide bonds. The van der Waals surface area contributed by atoms with Crippen LogP contribution in [-0.4, -0.2) is 151 Å². The number of carbonyl (C=O) groups excluding carboxylic acids is 7. The summed E-state index contributed by atoms with van der Waals surface area (Å²) >= 11 is 0. The van der Waals surface area contributed by atoms with E-state index in [9.17, 15) is 42.3 Å². The number of aliphatic hydroxyl groups is 1. The van der Waals surface area contributed by atoms with Crippen LogP contribution in [-0.2, 0) is 47.6 Å². The van der Waals surface area contributed by atoms with Gasteiger partial charge in [0.15, 0.2) is 0 Å². The molecule has 0 radical (unpaired) electrons. The van der Waals surface area contributed by atoms with Crippen LogP contribution in [0.4, 0.5) is 23.2 Å². The molecule has 3 rings (SSSR count). The number of esters is 3. The van der Waals surface area contributed by atoms with Gasteiger partial charge in [-0.25, -0.2) is 37.5 Å². The fraction of sp³-hybridized carbons (Fsp3) is 0.729. The Morgan fingerprint density at radius 1 is 0.597 bits per heavy atom. The van der Waals surface area contributed by atoms with Gasteiger partial charge < -0.3 is 38.3 Å². The molecular formula is C48H77F2N3O14. The number of amides is 3. The number of rotatable bonds is 12. The first-order chi connectivity index (χ1) is 31.2. The van der Waals surface area contributed by atoms with Crippen molar-refractivity contribution in [1.29, 1.82) is 0 Å². The zero-order valence-electron chi connectivity index (χ0n) is 41.8. The lowest BCUT2D eigenvalue weighted by atomic mass is 10.1. The van der Waals surface area contributed by atoms with Gasteiger partial charge in [0.2, 0.25) is 6.43 Å². The number of halogens is 2. The van der Waals surface area contributed by atoms with Crippen LogP contribution in [0.5, 0.6) is 0 Å². The van der Waals surface area contributed by atoms with Gasteiger partial charge in [0.05, 0.1) is 21.3 Å². The molecule has 3 heterocycles. The van der Waals surface area contributed by atoms with Crippen molar-refractivity contribution in [3.63, 3.8) is 0 Å². The van der Waals surface area contributed by atoms with E-state index >= 15 is 0 Å². The Morgan fingerprint density at radius 2 is 0.910 bits per heavy atom. The highest BCUT2D eigenvalue weighted by Gasteiger charge is 2.37. The molecule has 0 fully saturated rings. The maximum atomic E-state index is 12.4. The molecule has 0 saturated carbocycles. The number of carbonyl (C=O) groups is 7. The number of nitrogens with zero attached hydrogens (tertiary/aromatic N) is 3. The zero-order valence-corrected chi connectivity index (χ0v) is 41.8. The van der Waals surface area contributed by atoms with Gasteiger partial charge in [-0.15, -0.1) is 0 Å². The summed E-state index contributed by atoms with van der Waals surface area (Å²) in [5.41, 5.74) is 1.12. The fourth-order valence-electron chi connectivity index (χ4n) is 7.00. The molecule has 0 aromatic rings. The summed E-state index contributed by atoms with van der Waals surface area (Å²) in [6, 6.07) is -2.14. The fourth-order valence-corrected chi connectivity index (χ4v) is 7.00. The van der Waals surface area contributed by atoms with Gasteiger partial charge in [0.1, 0.15) is 41.2 Å². The summed E-state index contributed by atoms with van der Waals surface area (Å²) in [7, 11) is 3.87. The van der Waals surface area contributed by atoms with E-state index < -0.39 is 77.5 Å². The first kappa shape index (κ1) is 59.9. The number of aliphatic hydroxyl groups excluding tert-OH is 1. The number of alkyl halides is 2. The van der Waals surface area contributed by atoms with Crippen LogP contribution >= 0.6 is 0 Å². The van der Waals surface area contributed by atoms with Crippen molar-refractivity contribution in [1.82, 2.24) is 14.7 Å². The molecule has 3 aliphatic heterocycles. The molecule has 0 aliphatic carbocycles. The van der Waals surface area contributed by atoms with Gasteiger partial charge in [-0.3, -0.25) is 14.7 Å². The molecule has 0 aromatic carbocycles. The Hall–Kier alpha value is -5.07. The van der Waals surface area contributed by atoms with Crippen molar-refractivity contribution in [2.75, 3.05) is 47.6 Å². The standard InChI is InChI=1S/C16H25F2NO4.C16H27NO5.C16H25NO5/c1-16(2,3)23-15(21)19-10-9-11(6-8-13(17)18)5-7-12(19)14(20)22-4;2*1-16(2,3)22-15(20)17-10-9-12(6-5-11-18)7-8-13(17)14(19)21-4/h5,12-13H,6-10H2,1-4H3;7,13,18H,5-6,8-11H2,1-4H3;7,11,13H,5-6,8-10H2,1-4H3/t12-;2*13-/m000/s1. The van der Waals surface area contributed by atoms with Crippen LogP contribution in [0.25, 0.3) is 0 Å². The summed E-state index contributed by atoms with van der Waals surface area (Å²) in [6.07, 6.45) is 7.90. The van der Waals surface area contributed by atoms with Crippen molar-refractivity contribution >= 4 is 42.5 Å². The molecule has 1 N–H and O–H groups in total. The third kappa shape index (κ3) is 23.5. The van der Waals surface area contributed by atoms with E-state index in [1.54, 1.807) is 68.4 Å². The molecule has 382 valence electrons. The van der Waals surface area contributed by atoms with E-state index in [0.29, 0.717) is 64.5 Å². The number of hydrogen-bond acceptors (Lipinski definition) is 14. The lowest BCUT2D eigenvalue weighted by Crippen LogP contribution is -2.47. The van der Waals surface area contributed by atoms with Crippen LogP contribution in [0.15, 0.2) is 34.9 Å². The largest absolute Gasteiger partial charge is 0.467 e. The Bertz CT molecular complexity index is 1730. The molecule has 17 nitrogen and oxygen atoms in total. The highest BCUT2D eigenvalue weighted by Crippen LogP contribution is 2.26. The number of ether oxygens (including phenoxy) is 6. The van der Waals surface area contributed by atoms with Gasteiger partial charge >= 0.3 is 36.2 Å². The van der Waals surface area contributed by atoms with E-state index in [4.69, 9.17) is 33.5 Å². The van der Waals surface area contributed by atoms with Gasteiger partial charge in [0.25, 0.3) is 0 Å². The van der Waals surface area contributed by atoms with Gasteiger partial charge in [0, 0.05) is 39.1 Å². The van der Waals surface area contributed by atoms with Crippen molar-refractivity contribution in [2.24, 2.45) is 0 Å². The summed E-state index contributed by atoms with van der Waals surface area (Å²) in [5.74, 6) is -1.44. The summed E-state index contributed by atoms with van der Waals surface area (Å²) in [5, 5.41) is 8.93. The van der Waals surface area contributed by atoms with Crippen molar-refractivity contribution in [3.05, 3.63) is 34.9 Å². The van der Waals surface area contributed by atoms with Crippen LogP contribution in [0, 0.1) is 0 Å². The molecule has 3 atom stereocenters. The van der Waals surface area contributed by atoms with E-state index in [-0.39, 0.29) is 32.4 Å². The van der Waals surface area contributed by atoms with Crippen molar-refractivity contribution in [3.8, 4) is 0 Å². The predicted octanol–water partition coefficient (Wildman–Crippen LogP) is 8.25. The van der Waals surface area contributed by atoms with Crippen molar-refractivity contribution < 1.29 is 75.9 Å². The topological polar surface area (TPSA) is 205 Å². The first-order valence-corrected chi connectivity index (χ1v) is 22.8. The maximum Gasteiger partial charge on any atom is 0.411 e. The summed E-state index contributed by atoms with van der Waals surface area (Å²) in [6.45, 7) is 17.1. The average molecular weight is 958 g/mol. The Kier molecular flexibility index (Phi) is 25.9. The maximum absolute atomic E-state index is 12.4. The zero-order chi connectivity index (χ0) is 51.1. The minimum Gasteiger partial charge on any atom is -0.467 e. The van der Waals surface area contributed by atoms with Crippen LogP contribution in [0.3, 0.4) is 0 Å². The Balaban J connectivity index is 0.000000503. The predicted molar refractivity (Wildman–Crippen MR) is 245 cm³/mol. The van der Waals surface area contributed by atoms with Crippen LogP contribution in [0.2, 0.25) is 0 Å². The SMILES string of the molecule is COC(=O)[C@@H]1CC=C(CCC(F)F)CCN1C(=O)OC(C)(C)C.COC(=O)[C@@H]1CC=C(CCC=O)CCN1C(=O)OC(C)(C)C.COC(=O)[C@@H]1CC=C(CCCO)CCN1C(=O)OC(C)(C)C. The van der Waals surface area contributed by atoms with Crippen LogP contribution in [0.1, 0.15) is 139 Å². The Labute approximate surface area is 395 Å². The van der Waals surface area contributed by atoms with Gasteiger partial charge in [-0.1, -0.05) is 34.9 Å². The second-order valence-corrected chi connectivity index (χ2v) is 19.1. The minimum absolute atomic E-state index is 0.132. The molecule has 0 unspecified atom stereocenters. The second-order valence-electron chi connectivity index (χ2n) is 19.1. The third-order valence-electron chi connectivity index (χ3n) is 10.3. The molecule has 67 heavy (non-hydrogen) atoms. The smallest absolute Gasteiger partial charge is 0.411 e. The molecule has 3 aliphatic rings. The average Bonchev–Trinajstić information content (AvgIpc) is 3.69. The van der Waals surface area contributed by atoms with Crippen LogP contribution < -0.4 is 0 Å². The summed E-state index contributed by atoms with van der Waals surface area (Å²) in [4.78, 5) is 87.6. The molecule has 19 heteroatoms. The highest BCUT2D eigenvalue weighted by atomic mass is 19.3. The molecule has 0 spiro atoms. The van der Waals surface area contributed by atoms with Gasteiger partial charge in [-0.05, 0) is 127 Å². The first-order valence-electron chi connectivity index (χ1n) is 22.8. The van der Waals surface area contributed by atoms with Crippen molar-refractivity contribution in [2.45, 2.75) is 181 Å². The molecule has 0 bridgehead atoms. The van der Waals surface area contributed by atoms with Gasteiger partial charge in [-0.2, -0.15) is 0 Å². The number of methoxy groups -OCH3 is 3. The normalized spacial score (nSPS) is 19.1. The molecule has 0 saturated heterocycles. The summed E-state index contributed by atoms with van der Waals surface area (Å²) < 4.78 is 55.2. The minimum atomic E-state index is -2.36. The lowest BCUT2D eigenvalue weighted by molar-refractivity contribution is -0.147. The van der Waals surface area contributed by atoms with E-state index in [1.165, 1.54) is 36.0 Å². The molecular weight excluding hydrogens is 881 g/mol. The highest BCUT2D eigenvalue weighted by molar-refractivity contribution is 5.83. The monoisotopic (exact) mass is 958 g/mol. The second kappa shape index (κ2) is 29.0. The number of hydrogen-bond donors (Lipinski definition) is 1. The quantitative estimate of drug-likeness (QED) is 0.0847. The Morgan fingerprint density at radius 3 is 1.18 bits per heavy atom. The third-order valence-corrected chi connectivity index (χ3v) is 10.3. The van der Waals surface area contributed by atoms with E-state index in [0.717, 1.165) is 29.4 Å². The number of aldehydes is 1. The molecule has 0 aromatic heterocycles. The van der Waals surface area contributed by atoms with E-state index in [1.807, 2.05) is 12.2 Å².